The first kappa shape index (κ1) is 10.6. The number of thiophene rings is 1. The second-order valence-electron chi connectivity index (χ2n) is 4.21. The quantitative estimate of drug-likeness (QED) is 0.796. The molecule has 0 spiro atoms. The van der Waals surface area contributed by atoms with E-state index in [0.717, 1.165) is 17.7 Å². The van der Waals surface area contributed by atoms with Gasteiger partial charge in [-0.1, -0.05) is 6.07 Å². The highest BCUT2D eigenvalue weighted by molar-refractivity contribution is 7.09. The van der Waals surface area contributed by atoms with Crippen LogP contribution in [0.25, 0.3) is 0 Å². The maximum Gasteiger partial charge on any atom is 0.326 e. The summed E-state index contributed by atoms with van der Waals surface area (Å²) in [4.78, 5) is 12.7. The molecule has 1 fully saturated rings. The standard InChI is InChI=1S/C11H15NO2S/c1-11(12,8-4-5-8)10(13)14-7-9-3-2-6-15-9/h2-3,6,8H,4-5,7,12H2,1H3. The molecule has 0 saturated heterocycles. The Morgan fingerprint density at radius 1 is 1.73 bits per heavy atom. The zero-order valence-corrected chi connectivity index (χ0v) is 9.55. The fraction of sp³-hybridized carbons (Fsp3) is 0.545. The number of hydrogen-bond acceptors (Lipinski definition) is 4. The molecule has 2 N–H and O–H groups in total. The van der Waals surface area contributed by atoms with Crippen molar-refractivity contribution in [3.63, 3.8) is 0 Å². The molecule has 0 amide bonds. The number of rotatable bonds is 4. The first-order valence-electron chi connectivity index (χ1n) is 5.09. The molecule has 1 heterocycles. The zero-order chi connectivity index (χ0) is 10.9. The molecule has 0 radical (unpaired) electrons. The minimum Gasteiger partial charge on any atom is -0.459 e. The molecule has 4 heteroatoms. The summed E-state index contributed by atoms with van der Waals surface area (Å²) >= 11 is 1.58. The smallest absolute Gasteiger partial charge is 0.326 e. The number of hydrogen-bond donors (Lipinski definition) is 1. The molecule has 1 atom stereocenters. The Balaban J connectivity index is 1.86. The van der Waals surface area contributed by atoms with Gasteiger partial charge in [0.2, 0.25) is 0 Å². The maximum atomic E-state index is 11.7. The summed E-state index contributed by atoms with van der Waals surface area (Å²) in [7, 11) is 0. The van der Waals surface area contributed by atoms with E-state index in [1.807, 2.05) is 17.5 Å². The molecule has 82 valence electrons. The van der Waals surface area contributed by atoms with Crippen molar-refractivity contribution in [2.75, 3.05) is 0 Å². The van der Waals surface area contributed by atoms with Crippen LogP contribution in [0.5, 0.6) is 0 Å². The Labute approximate surface area is 93.2 Å². The average molecular weight is 225 g/mol. The molecule has 15 heavy (non-hydrogen) atoms. The van der Waals surface area contributed by atoms with Crippen molar-refractivity contribution in [2.24, 2.45) is 11.7 Å². The minimum atomic E-state index is -0.794. The fourth-order valence-corrected chi connectivity index (χ4v) is 2.15. The largest absolute Gasteiger partial charge is 0.459 e. The molecule has 1 saturated carbocycles. The van der Waals surface area contributed by atoms with Gasteiger partial charge in [-0.2, -0.15) is 0 Å². The predicted octanol–water partition coefficient (Wildman–Crippen LogP) is 1.92. The third kappa shape index (κ3) is 2.38. The van der Waals surface area contributed by atoms with Crippen LogP contribution in [-0.2, 0) is 16.1 Å². The highest BCUT2D eigenvalue weighted by Crippen LogP contribution is 2.38. The lowest BCUT2D eigenvalue weighted by molar-refractivity contribution is -0.151. The Morgan fingerprint density at radius 3 is 3.00 bits per heavy atom. The first-order valence-corrected chi connectivity index (χ1v) is 5.97. The Morgan fingerprint density at radius 2 is 2.47 bits per heavy atom. The van der Waals surface area contributed by atoms with E-state index in [-0.39, 0.29) is 5.97 Å². The third-order valence-corrected chi connectivity index (χ3v) is 3.64. The molecule has 1 unspecified atom stereocenters. The van der Waals surface area contributed by atoms with Gasteiger partial charge >= 0.3 is 5.97 Å². The highest BCUT2D eigenvalue weighted by Gasteiger charge is 2.45. The van der Waals surface area contributed by atoms with E-state index in [1.165, 1.54) is 0 Å². The number of nitrogens with two attached hydrogens (primary N) is 1. The van der Waals surface area contributed by atoms with Gasteiger partial charge in [0.1, 0.15) is 12.1 Å². The van der Waals surface area contributed by atoms with Crippen LogP contribution in [0.4, 0.5) is 0 Å². The third-order valence-electron chi connectivity index (χ3n) is 2.79. The fourth-order valence-electron chi connectivity index (χ4n) is 1.54. The first-order chi connectivity index (χ1) is 7.10. The molecule has 1 aliphatic carbocycles. The number of carbonyl (C=O) groups excluding carboxylic acids is 1. The van der Waals surface area contributed by atoms with Crippen molar-refractivity contribution in [3.8, 4) is 0 Å². The van der Waals surface area contributed by atoms with Crippen LogP contribution >= 0.6 is 11.3 Å². The second kappa shape index (κ2) is 3.94. The summed E-state index contributed by atoms with van der Waals surface area (Å²) in [6.45, 7) is 2.11. The van der Waals surface area contributed by atoms with Crippen LogP contribution in [0.3, 0.4) is 0 Å². The summed E-state index contributed by atoms with van der Waals surface area (Å²) in [5.41, 5.74) is 5.14. The van der Waals surface area contributed by atoms with Gasteiger partial charge in [-0.05, 0) is 37.1 Å². The van der Waals surface area contributed by atoms with Gasteiger partial charge in [-0.3, -0.25) is 4.79 Å². The zero-order valence-electron chi connectivity index (χ0n) is 8.73. The van der Waals surface area contributed by atoms with Crippen molar-refractivity contribution in [2.45, 2.75) is 31.9 Å². The highest BCUT2D eigenvalue weighted by atomic mass is 32.1. The predicted molar refractivity (Wildman–Crippen MR) is 59.4 cm³/mol. The van der Waals surface area contributed by atoms with Crippen LogP contribution in [0.2, 0.25) is 0 Å². The van der Waals surface area contributed by atoms with Gasteiger partial charge in [0.25, 0.3) is 0 Å². The van der Waals surface area contributed by atoms with Crippen LogP contribution in [-0.4, -0.2) is 11.5 Å². The summed E-state index contributed by atoms with van der Waals surface area (Å²) in [5.74, 6) is 0.0340. The van der Waals surface area contributed by atoms with E-state index >= 15 is 0 Å². The van der Waals surface area contributed by atoms with Crippen molar-refractivity contribution in [1.82, 2.24) is 0 Å². The van der Waals surface area contributed by atoms with Gasteiger partial charge in [-0.15, -0.1) is 11.3 Å². The van der Waals surface area contributed by atoms with Gasteiger partial charge in [-0.25, -0.2) is 0 Å². The molecule has 0 aromatic carbocycles. The number of ether oxygens (including phenoxy) is 1. The SMILES string of the molecule is CC(N)(C(=O)OCc1cccs1)C1CC1. The minimum absolute atomic E-state index is 0.279. The van der Waals surface area contributed by atoms with Crippen LogP contribution < -0.4 is 5.73 Å². The van der Waals surface area contributed by atoms with E-state index in [0.29, 0.717) is 12.5 Å². The van der Waals surface area contributed by atoms with E-state index in [2.05, 4.69) is 0 Å². The van der Waals surface area contributed by atoms with E-state index in [9.17, 15) is 4.79 Å². The van der Waals surface area contributed by atoms with E-state index in [1.54, 1.807) is 18.3 Å². The van der Waals surface area contributed by atoms with E-state index < -0.39 is 5.54 Å². The molecule has 2 rings (SSSR count). The molecule has 1 aliphatic rings. The molecule has 3 nitrogen and oxygen atoms in total. The molecular weight excluding hydrogens is 210 g/mol. The van der Waals surface area contributed by atoms with E-state index in [4.69, 9.17) is 10.5 Å². The lowest BCUT2D eigenvalue weighted by Gasteiger charge is -2.21. The molecule has 0 bridgehead atoms. The normalized spacial score (nSPS) is 19.6. The molecule has 1 aromatic rings. The maximum absolute atomic E-state index is 11.7. The lowest BCUT2D eigenvalue weighted by Crippen LogP contribution is -2.48. The van der Waals surface area contributed by atoms with Crippen molar-refractivity contribution >= 4 is 17.3 Å². The summed E-state index contributed by atoms with van der Waals surface area (Å²) in [6, 6.07) is 3.89. The molecule has 0 aliphatic heterocycles. The second-order valence-corrected chi connectivity index (χ2v) is 5.24. The van der Waals surface area contributed by atoms with Crippen LogP contribution in [0.1, 0.15) is 24.6 Å². The van der Waals surface area contributed by atoms with Crippen molar-refractivity contribution in [1.29, 1.82) is 0 Å². The average Bonchev–Trinajstić information content (AvgIpc) is 2.94. The summed E-state index contributed by atoms with van der Waals surface area (Å²) < 4.78 is 5.20. The van der Waals surface area contributed by atoms with Gasteiger partial charge in [0, 0.05) is 4.88 Å². The monoisotopic (exact) mass is 225 g/mol. The lowest BCUT2D eigenvalue weighted by atomic mass is 9.98. The molecular formula is C11H15NO2S. The van der Waals surface area contributed by atoms with Gasteiger partial charge < -0.3 is 10.5 Å². The van der Waals surface area contributed by atoms with Crippen LogP contribution in [0, 0.1) is 5.92 Å². The summed E-state index contributed by atoms with van der Waals surface area (Å²) in [5, 5.41) is 1.96. The van der Waals surface area contributed by atoms with Crippen molar-refractivity contribution in [3.05, 3.63) is 22.4 Å². The van der Waals surface area contributed by atoms with Gasteiger partial charge in [0.15, 0.2) is 0 Å². The summed E-state index contributed by atoms with van der Waals surface area (Å²) in [6.07, 6.45) is 2.09. The van der Waals surface area contributed by atoms with Crippen molar-refractivity contribution < 1.29 is 9.53 Å². The Hall–Kier alpha value is -0.870. The number of esters is 1. The molecule has 1 aromatic heterocycles. The Bertz CT molecular complexity index is 341. The number of carbonyl (C=O) groups is 1. The van der Waals surface area contributed by atoms with Crippen LogP contribution in [0.15, 0.2) is 17.5 Å². The topological polar surface area (TPSA) is 52.3 Å². The van der Waals surface area contributed by atoms with Gasteiger partial charge in [0.05, 0.1) is 0 Å². The Kier molecular flexibility index (Phi) is 2.80.